The standard InChI is InChI=1S/C6H13NO/c1-4-6(7-3)5(2)8/h4-5,7-8H,1-3H3/b6-4+. The Labute approximate surface area is 50.2 Å². The molecule has 0 aliphatic heterocycles. The molecular formula is C6H13NO. The second-order valence-electron chi connectivity index (χ2n) is 1.67. The molecule has 2 nitrogen and oxygen atoms in total. The molecule has 0 bridgehead atoms. The first-order valence-electron chi connectivity index (χ1n) is 2.74. The lowest BCUT2D eigenvalue weighted by molar-refractivity contribution is 0.224. The Morgan fingerprint density at radius 3 is 2.25 bits per heavy atom. The summed E-state index contributed by atoms with van der Waals surface area (Å²) in [6, 6.07) is 0. The molecular weight excluding hydrogens is 102 g/mol. The van der Waals surface area contributed by atoms with E-state index in [1.54, 1.807) is 14.0 Å². The maximum absolute atomic E-state index is 8.88. The molecule has 0 aliphatic carbocycles. The minimum absolute atomic E-state index is 0.370. The third-order valence-corrected chi connectivity index (χ3v) is 1.05. The highest BCUT2D eigenvalue weighted by Crippen LogP contribution is 1.93. The second kappa shape index (κ2) is 3.50. The summed E-state index contributed by atoms with van der Waals surface area (Å²) in [6.07, 6.45) is 1.48. The van der Waals surface area contributed by atoms with Crippen molar-refractivity contribution in [1.29, 1.82) is 0 Å². The molecule has 0 saturated carbocycles. The Bertz CT molecular complexity index is 86.5. The zero-order valence-electron chi connectivity index (χ0n) is 5.60. The fourth-order valence-corrected chi connectivity index (χ4v) is 0.594. The summed E-state index contributed by atoms with van der Waals surface area (Å²) in [4.78, 5) is 0. The van der Waals surface area contributed by atoms with Gasteiger partial charge in [0.2, 0.25) is 0 Å². The molecule has 0 heterocycles. The highest BCUT2D eigenvalue weighted by Gasteiger charge is 1.97. The van der Waals surface area contributed by atoms with Crippen LogP contribution in [0.5, 0.6) is 0 Å². The number of aliphatic hydroxyl groups excluding tert-OH is 1. The number of rotatable bonds is 2. The van der Waals surface area contributed by atoms with Crippen LogP contribution in [-0.2, 0) is 0 Å². The highest BCUT2D eigenvalue weighted by molar-refractivity contribution is 5.01. The van der Waals surface area contributed by atoms with E-state index >= 15 is 0 Å². The first kappa shape index (κ1) is 7.50. The summed E-state index contributed by atoms with van der Waals surface area (Å²) in [6.45, 7) is 3.62. The summed E-state index contributed by atoms with van der Waals surface area (Å²) in [5.74, 6) is 0. The van der Waals surface area contributed by atoms with Gasteiger partial charge in [0.1, 0.15) is 0 Å². The minimum atomic E-state index is -0.370. The molecule has 0 aromatic rings. The molecule has 0 aromatic heterocycles. The van der Waals surface area contributed by atoms with Gasteiger partial charge in [-0.2, -0.15) is 0 Å². The maximum atomic E-state index is 8.88. The minimum Gasteiger partial charge on any atom is -0.390 e. The number of hydrogen-bond acceptors (Lipinski definition) is 2. The van der Waals surface area contributed by atoms with Crippen LogP contribution in [0.15, 0.2) is 11.8 Å². The SMILES string of the molecule is C/C=C(/NC)C(C)O. The van der Waals surface area contributed by atoms with Crippen LogP contribution in [0.4, 0.5) is 0 Å². The largest absolute Gasteiger partial charge is 0.390 e. The van der Waals surface area contributed by atoms with E-state index in [9.17, 15) is 0 Å². The van der Waals surface area contributed by atoms with E-state index in [1.165, 1.54) is 0 Å². The van der Waals surface area contributed by atoms with E-state index in [4.69, 9.17) is 5.11 Å². The third-order valence-electron chi connectivity index (χ3n) is 1.05. The van der Waals surface area contributed by atoms with E-state index in [2.05, 4.69) is 5.32 Å². The van der Waals surface area contributed by atoms with Gasteiger partial charge in [-0.15, -0.1) is 0 Å². The van der Waals surface area contributed by atoms with Gasteiger partial charge in [0.15, 0.2) is 0 Å². The van der Waals surface area contributed by atoms with E-state index in [0.29, 0.717) is 0 Å². The van der Waals surface area contributed by atoms with Crippen molar-refractivity contribution in [2.45, 2.75) is 20.0 Å². The first-order valence-corrected chi connectivity index (χ1v) is 2.74. The molecule has 0 fully saturated rings. The van der Waals surface area contributed by atoms with Crippen LogP contribution in [0.1, 0.15) is 13.8 Å². The van der Waals surface area contributed by atoms with Crippen LogP contribution in [0.2, 0.25) is 0 Å². The first-order chi connectivity index (χ1) is 3.72. The van der Waals surface area contributed by atoms with Gasteiger partial charge in [-0.25, -0.2) is 0 Å². The molecule has 0 amide bonds. The summed E-state index contributed by atoms with van der Waals surface area (Å²) in [5.41, 5.74) is 0.866. The maximum Gasteiger partial charge on any atom is 0.0902 e. The summed E-state index contributed by atoms with van der Waals surface area (Å²) >= 11 is 0. The van der Waals surface area contributed by atoms with Crippen molar-refractivity contribution < 1.29 is 5.11 Å². The lowest BCUT2D eigenvalue weighted by Gasteiger charge is -2.07. The Morgan fingerprint density at radius 2 is 2.25 bits per heavy atom. The topological polar surface area (TPSA) is 32.3 Å². The van der Waals surface area contributed by atoms with Gasteiger partial charge >= 0.3 is 0 Å². The Morgan fingerprint density at radius 1 is 1.75 bits per heavy atom. The quantitative estimate of drug-likeness (QED) is 0.549. The zero-order valence-corrected chi connectivity index (χ0v) is 5.60. The monoisotopic (exact) mass is 115 g/mol. The van der Waals surface area contributed by atoms with Gasteiger partial charge in [-0.1, -0.05) is 6.08 Å². The van der Waals surface area contributed by atoms with Crippen molar-refractivity contribution in [2.75, 3.05) is 7.05 Å². The summed E-state index contributed by atoms with van der Waals surface area (Å²) < 4.78 is 0. The zero-order chi connectivity index (χ0) is 6.57. The molecule has 0 aliphatic rings. The Balaban J connectivity index is 3.72. The second-order valence-corrected chi connectivity index (χ2v) is 1.67. The van der Waals surface area contributed by atoms with Crippen LogP contribution in [-0.4, -0.2) is 18.3 Å². The fraction of sp³-hybridized carbons (Fsp3) is 0.667. The molecule has 2 N–H and O–H groups in total. The van der Waals surface area contributed by atoms with Crippen molar-refractivity contribution in [3.8, 4) is 0 Å². The van der Waals surface area contributed by atoms with Crippen LogP contribution in [0.3, 0.4) is 0 Å². The van der Waals surface area contributed by atoms with Gasteiger partial charge in [0.05, 0.1) is 6.10 Å². The number of likely N-dealkylation sites (N-methyl/N-ethyl adjacent to an activating group) is 1. The number of allylic oxidation sites excluding steroid dienone is 1. The highest BCUT2D eigenvalue weighted by atomic mass is 16.3. The van der Waals surface area contributed by atoms with Crippen LogP contribution in [0.25, 0.3) is 0 Å². The van der Waals surface area contributed by atoms with E-state index in [-0.39, 0.29) is 6.10 Å². The Hall–Kier alpha value is -0.500. The van der Waals surface area contributed by atoms with Crippen molar-refractivity contribution in [3.63, 3.8) is 0 Å². The molecule has 48 valence electrons. The van der Waals surface area contributed by atoms with Gasteiger partial charge in [-0.3, -0.25) is 0 Å². The lowest BCUT2D eigenvalue weighted by Crippen LogP contribution is -2.17. The van der Waals surface area contributed by atoms with E-state index in [0.717, 1.165) is 5.70 Å². The normalized spacial score (nSPS) is 15.8. The molecule has 0 aromatic carbocycles. The molecule has 1 atom stereocenters. The predicted octanol–water partition coefficient (Wildman–Crippen LogP) is 0.490. The van der Waals surface area contributed by atoms with Crippen LogP contribution < -0.4 is 5.32 Å². The smallest absolute Gasteiger partial charge is 0.0902 e. The van der Waals surface area contributed by atoms with Gasteiger partial charge < -0.3 is 10.4 Å². The van der Waals surface area contributed by atoms with Crippen LogP contribution >= 0.6 is 0 Å². The average Bonchev–Trinajstić information content (AvgIpc) is 1.69. The van der Waals surface area contributed by atoms with E-state index < -0.39 is 0 Å². The average molecular weight is 115 g/mol. The number of hydrogen-bond donors (Lipinski definition) is 2. The fourth-order valence-electron chi connectivity index (χ4n) is 0.594. The Kier molecular flexibility index (Phi) is 3.28. The lowest BCUT2D eigenvalue weighted by atomic mass is 10.3. The van der Waals surface area contributed by atoms with E-state index in [1.807, 2.05) is 13.0 Å². The van der Waals surface area contributed by atoms with Gasteiger partial charge in [-0.05, 0) is 13.8 Å². The van der Waals surface area contributed by atoms with Crippen molar-refractivity contribution in [1.82, 2.24) is 5.32 Å². The third kappa shape index (κ3) is 1.98. The predicted molar refractivity (Wildman–Crippen MR) is 34.5 cm³/mol. The van der Waals surface area contributed by atoms with Crippen LogP contribution in [0, 0.1) is 0 Å². The molecule has 0 spiro atoms. The molecule has 0 radical (unpaired) electrons. The summed E-state index contributed by atoms with van der Waals surface area (Å²) in [7, 11) is 1.79. The number of aliphatic hydroxyl groups is 1. The van der Waals surface area contributed by atoms with Gasteiger partial charge in [0.25, 0.3) is 0 Å². The molecule has 0 saturated heterocycles. The van der Waals surface area contributed by atoms with Crippen molar-refractivity contribution >= 4 is 0 Å². The van der Waals surface area contributed by atoms with Gasteiger partial charge in [0, 0.05) is 12.7 Å². The summed E-state index contributed by atoms with van der Waals surface area (Å²) in [5, 5.41) is 11.7. The molecule has 2 heteroatoms. The molecule has 0 rings (SSSR count). The van der Waals surface area contributed by atoms with Crippen molar-refractivity contribution in [2.24, 2.45) is 0 Å². The van der Waals surface area contributed by atoms with Crippen molar-refractivity contribution in [3.05, 3.63) is 11.8 Å². The number of nitrogens with one attached hydrogen (secondary N) is 1. The molecule has 1 unspecified atom stereocenters. The molecule has 8 heavy (non-hydrogen) atoms.